The zero-order valence-electron chi connectivity index (χ0n) is 7.78. The molecule has 0 aliphatic heterocycles. The zero-order chi connectivity index (χ0) is 12.6. The van der Waals surface area contributed by atoms with Gasteiger partial charge < -0.3 is 4.74 Å². The third-order valence-electron chi connectivity index (χ3n) is 1.70. The summed E-state index contributed by atoms with van der Waals surface area (Å²) in [6.45, 7) is 0. The van der Waals surface area contributed by atoms with Crippen molar-refractivity contribution in [1.29, 1.82) is 0 Å². The first-order valence-corrected chi connectivity index (χ1v) is 3.84. The van der Waals surface area contributed by atoms with E-state index >= 15 is 0 Å². The molecule has 1 aromatic rings. The van der Waals surface area contributed by atoms with Gasteiger partial charge in [-0.15, -0.1) is 0 Å². The molecule has 0 aliphatic rings. The molecular weight excluding hydrogens is 240 g/mol. The topological polar surface area (TPSA) is 22.1 Å². The summed E-state index contributed by atoms with van der Waals surface area (Å²) < 4.78 is 78.0. The molecule has 0 radical (unpaired) electrons. The SMILES string of the molecule is COc1cc(C(F)(F)F)c(C(F)(F)F)cn1. The zero-order valence-corrected chi connectivity index (χ0v) is 7.78. The molecule has 0 aromatic carbocycles. The van der Waals surface area contributed by atoms with Gasteiger partial charge in [-0.05, 0) is 0 Å². The summed E-state index contributed by atoms with van der Waals surface area (Å²) in [5, 5.41) is 0. The molecule has 0 aliphatic carbocycles. The smallest absolute Gasteiger partial charge is 0.418 e. The lowest BCUT2D eigenvalue weighted by Crippen LogP contribution is -2.17. The van der Waals surface area contributed by atoms with Gasteiger partial charge in [-0.2, -0.15) is 26.3 Å². The van der Waals surface area contributed by atoms with Crippen LogP contribution in [0.1, 0.15) is 11.1 Å². The fourth-order valence-corrected chi connectivity index (χ4v) is 1.01. The van der Waals surface area contributed by atoms with Crippen molar-refractivity contribution in [1.82, 2.24) is 4.98 Å². The highest BCUT2D eigenvalue weighted by molar-refractivity contribution is 5.33. The Morgan fingerprint density at radius 1 is 1.00 bits per heavy atom. The second kappa shape index (κ2) is 3.84. The van der Waals surface area contributed by atoms with E-state index in [0.29, 0.717) is 0 Å². The highest BCUT2D eigenvalue weighted by Gasteiger charge is 2.43. The standard InChI is InChI=1S/C8H5F6NO/c1-16-6-2-4(7(9,10)11)5(3-15-6)8(12,13)14/h2-3H,1H3. The number of hydrogen-bond donors (Lipinski definition) is 0. The molecule has 2 nitrogen and oxygen atoms in total. The number of rotatable bonds is 1. The Morgan fingerprint density at radius 2 is 1.50 bits per heavy atom. The van der Waals surface area contributed by atoms with Gasteiger partial charge >= 0.3 is 12.4 Å². The molecule has 0 spiro atoms. The monoisotopic (exact) mass is 245 g/mol. The van der Waals surface area contributed by atoms with Gasteiger partial charge in [-0.25, -0.2) is 4.98 Å². The second-order valence-corrected chi connectivity index (χ2v) is 2.77. The van der Waals surface area contributed by atoms with Crippen LogP contribution in [0.15, 0.2) is 12.3 Å². The predicted octanol–water partition coefficient (Wildman–Crippen LogP) is 3.13. The summed E-state index contributed by atoms with van der Waals surface area (Å²) in [4.78, 5) is 3.10. The van der Waals surface area contributed by atoms with Crippen LogP contribution in [0.3, 0.4) is 0 Å². The second-order valence-electron chi connectivity index (χ2n) is 2.77. The van der Waals surface area contributed by atoms with Crippen molar-refractivity contribution in [2.24, 2.45) is 0 Å². The molecule has 0 N–H and O–H groups in total. The number of ether oxygens (including phenoxy) is 1. The highest BCUT2D eigenvalue weighted by Crippen LogP contribution is 2.40. The minimum absolute atomic E-state index is 0.0989. The summed E-state index contributed by atoms with van der Waals surface area (Å²) in [7, 11) is 1.01. The highest BCUT2D eigenvalue weighted by atomic mass is 19.4. The Morgan fingerprint density at radius 3 is 1.88 bits per heavy atom. The minimum Gasteiger partial charge on any atom is -0.481 e. The van der Waals surface area contributed by atoms with Gasteiger partial charge in [0.2, 0.25) is 5.88 Å². The first kappa shape index (κ1) is 12.6. The van der Waals surface area contributed by atoms with Crippen LogP contribution in [-0.2, 0) is 12.4 Å². The average molecular weight is 245 g/mol. The van der Waals surface area contributed by atoms with E-state index in [1.807, 2.05) is 0 Å². The molecule has 16 heavy (non-hydrogen) atoms. The van der Waals surface area contributed by atoms with Gasteiger partial charge in [0.05, 0.1) is 18.2 Å². The van der Waals surface area contributed by atoms with Crippen LogP contribution in [0, 0.1) is 0 Å². The summed E-state index contributed by atoms with van der Waals surface area (Å²) in [6, 6.07) is 0.211. The normalized spacial score (nSPS) is 12.7. The molecule has 0 saturated heterocycles. The van der Waals surface area contributed by atoms with Crippen LogP contribution in [0.5, 0.6) is 5.88 Å². The summed E-state index contributed by atoms with van der Waals surface area (Å²) >= 11 is 0. The van der Waals surface area contributed by atoms with Gasteiger partial charge in [0, 0.05) is 12.3 Å². The molecule has 0 atom stereocenters. The fraction of sp³-hybridized carbons (Fsp3) is 0.375. The van der Waals surface area contributed by atoms with Crippen LogP contribution >= 0.6 is 0 Å². The number of halogens is 6. The molecule has 1 heterocycles. The number of hydrogen-bond acceptors (Lipinski definition) is 2. The van der Waals surface area contributed by atoms with E-state index in [-0.39, 0.29) is 12.3 Å². The molecule has 0 amide bonds. The molecule has 1 rings (SSSR count). The Hall–Kier alpha value is -1.47. The maximum absolute atomic E-state index is 12.3. The van der Waals surface area contributed by atoms with Crippen molar-refractivity contribution in [2.45, 2.75) is 12.4 Å². The van der Waals surface area contributed by atoms with E-state index in [1.54, 1.807) is 0 Å². The van der Waals surface area contributed by atoms with E-state index in [1.165, 1.54) is 0 Å². The average Bonchev–Trinajstić information content (AvgIpc) is 2.14. The number of methoxy groups -OCH3 is 1. The molecule has 8 heteroatoms. The molecule has 0 saturated carbocycles. The van der Waals surface area contributed by atoms with Gasteiger partial charge in [-0.1, -0.05) is 0 Å². The van der Waals surface area contributed by atoms with Crippen molar-refractivity contribution >= 4 is 0 Å². The lowest BCUT2D eigenvalue weighted by atomic mass is 10.1. The fourth-order valence-electron chi connectivity index (χ4n) is 1.01. The minimum atomic E-state index is -5.11. The van der Waals surface area contributed by atoms with E-state index in [4.69, 9.17) is 0 Å². The van der Waals surface area contributed by atoms with Crippen molar-refractivity contribution in [3.05, 3.63) is 23.4 Å². The lowest BCUT2D eigenvalue weighted by molar-refractivity contribution is -0.162. The van der Waals surface area contributed by atoms with Crippen molar-refractivity contribution in [2.75, 3.05) is 7.11 Å². The molecule has 90 valence electrons. The van der Waals surface area contributed by atoms with E-state index in [0.717, 1.165) is 7.11 Å². The van der Waals surface area contributed by atoms with E-state index < -0.39 is 29.4 Å². The van der Waals surface area contributed by atoms with Gasteiger partial charge in [-0.3, -0.25) is 0 Å². The van der Waals surface area contributed by atoms with Gasteiger partial charge in [0.15, 0.2) is 0 Å². The van der Waals surface area contributed by atoms with Crippen LogP contribution in [0.4, 0.5) is 26.3 Å². The maximum Gasteiger partial charge on any atom is 0.418 e. The van der Waals surface area contributed by atoms with Gasteiger partial charge in [0.1, 0.15) is 0 Å². The van der Waals surface area contributed by atoms with E-state index in [9.17, 15) is 26.3 Å². The molecule has 0 bridgehead atoms. The lowest BCUT2D eigenvalue weighted by Gasteiger charge is -2.15. The molecular formula is C8H5F6NO. The predicted molar refractivity (Wildman–Crippen MR) is 40.8 cm³/mol. The number of aromatic nitrogens is 1. The molecule has 0 fully saturated rings. The third-order valence-corrected chi connectivity index (χ3v) is 1.70. The van der Waals surface area contributed by atoms with Crippen molar-refractivity contribution < 1.29 is 31.1 Å². The first-order valence-electron chi connectivity index (χ1n) is 3.84. The van der Waals surface area contributed by atoms with Crippen molar-refractivity contribution in [3.8, 4) is 5.88 Å². The van der Waals surface area contributed by atoms with Gasteiger partial charge in [0.25, 0.3) is 0 Å². The van der Waals surface area contributed by atoms with E-state index in [2.05, 4.69) is 9.72 Å². The number of nitrogens with zero attached hydrogens (tertiary/aromatic N) is 1. The summed E-state index contributed by atoms with van der Waals surface area (Å²) in [5.41, 5.74) is -3.65. The van der Waals surface area contributed by atoms with Crippen LogP contribution in [0.25, 0.3) is 0 Å². The Kier molecular flexibility index (Phi) is 3.02. The van der Waals surface area contributed by atoms with Crippen LogP contribution in [-0.4, -0.2) is 12.1 Å². The van der Waals surface area contributed by atoms with Crippen molar-refractivity contribution in [3.63, 3.8) is 0 Å². The Balaban J connectivity index is 3.40. The number of alkyl halides is 6. The Labute approximate surface area is 85.9 Å². The van der Waals surface area contributed by atoms with Crippen LogP contribution in [0.2, 0.25) is 0 Å². The Bertz CT molecular complexity index is 383. The summed E-state index contributed by atoms with van der Waals surface area (Å²) in [6.07, 6.45) is -10.1. The maximum atomic E-state index is 12.3. The quantitative estimate of drug-likeness (QED) is 0.709. The molecule has 0 unspecified atom stereocenters. The largest absolute Gasteiger partial charge is 0.481 e. The first-order chi connectivity index (χ1) is 7.16. The van der Waals surface area contributed by atoms with Crippen LogP contribution < -0.4 is 4.74 Å². The summed E-state index contributed by atoms with van der Waals surface area (Å²) in [5.74, 6) is -0.527. The molecule has 1 aromatic heterocycles. The number of pyridine rings is 1. The third kappa shape index (κ3) is 2.56.